The quantitative estimate of drug-likeness (QED) is 0.422. The molecule has 0 amide bonds. The molecule has 0 radical (unpaired) electrons. The topological polar surface area (TPSA) is 49.8 Å². The highest BCUT2D eigenvalue weighted by atomic mass is 127. The number of thiazole rings is 1. The molecule has 1 atom stereocenters. The number of methoxy groups -OCH3 is 1. The Kier molecular flexibility index (Phi) is 9.27. The molecule has 2 rings (SSSR count). The smallest absolute Gasteiger partial charge is 0.193 e. The van der Waals surface area contributed by atoms with Crippen molar-refractivity contribution in [3.63, 3.8) is 0 Å². The summed E-state index contributed by atoms with van der Waals surface area (Å²) in [4.78, 5) is 11.6. The Balaban J connectivity index is 0.00000242. The third-order valence-electron chi connectivity index (χ3n) is 3.62. The van der Waals surface area contributed by atoms with Crippen LogP contribution in [0.25, 0.3) is 0 Å². The van der Waals surface area contributed by atoms with Gasteiger partial charge < -0.3 is 15.0 Å². The van der Waals surface area contributed by atoms with Gasteiger partial charge in [0.2, 0.25) is 0 Å². The van der Waals surface area contributed by atoms with Gasteiger partial charge in [-0.3, -0.25) is 4.99 Å². The van der Waals surface area contributed by atoms with Crippen LogP contribution in [0.5, 0.6) is 0 Å². The van der Waals surface area contributed by atoms with E-state index >= 15 is 0 Å². The van der Waals surface area contributed by atoms with Crippen molar-refractivity contribution in [3.8, 4) is 0 Å². The van der Waals surface area contributed by atoms with Gasteiger partial charge in [0.25, 0.3) is 0 Å². The molecule has 0 aromatic carbocycles. The van der Waals surface area contributed by atoms with Crippen molar-refractivity contribution < 1.29 is 4.74 Å². The molecule has 1 N–H and O–H groups in total. The number of likely N-dealkylation sites (tertiary alicyclic amines) is 1. The highest BCUT2D eigenvalue weighted by Gasteiger charge is 2.24. The lowest BCUT2D eigenvalue weighted by Crippen LogP contribution is -2.40. The van der Waals surface area contributed by atoms with Gasteiger partial charge in [-0.1, -0.05) is 0 Å². The number of aromatic nitrogens is 1. The fourth-order valence-corrected chi connectivity index (χ4v) is 3.27. The highest BCUT2D eigenvalue weighted by Crippen LogP contribution is 2.16. The van der Waals surface area contributed by atoms with Gasteiger partial charge in [0, 0.05) is 51.0 Å². The molecule has 22 heavy (non-hydrogen) atoms. The van der Waals surface area contributed by atoms with E-state index in [-0.39, 0.29) is 24.0 Å². The third-order valence-corrected chi connectivity index (χ3v) is 4.44. The second-order valence-corrected chi connectivity index (χ2v) is 6.46. The molecule has 1 fully saturated rings. The number of nitrogens with zero attached hydrogens (tertiary/aromatic N) is 3. The maximum Gasteiger partial charge on any atom is 0.193 e. The number of halogens is 1. The summed E-state index contributed by atoms with van der Waals surface area (Å²) in [5, 5.41) is 6.65. The van der Waals surface area contributed by atoms with Crippen molar-refractivity contribution in [1.29, 1.82) is 0 Å². The molecule has 5 nitrogen and oxygen atoms in total. The van der Waals surface area contributed by atoms with E-state index in [1.54, 1.807) is 18.4 Å². The Bertz CT molecular complexity index is 466. The monoisotopic (exact) mass is 438 g/mol. The van der Waals surface area contributed by atoms with Crippen LogP contribution < -0.4 is 5.32 Å². The van der Waals surface area contributed by atoms with E-state index < -0.39 is 0 Å². The van der Waals surface area contributed by atoms with E-state index in [9.17, 15) is 0 Å². The van der Waals surface area contributed by atoms with Crippen molar-refractivity contribution in [2.75, 3.05) is 39.9 Å². The number of aryl methyl sites for hydroxylation is 1. The first-order chi connectivity index (χ1) is 10.2. The molecule has 0 spiro atoms. The molecule has 1 unspecified atom stereocenters. The average molecular weight is 438 g/mol. The molecule has 0 aliphatic carbocycles. The highest BCUT2D eigenvalue weighted by molar-refractivity contribution is 14.0. The van der Waals surface area contributed by atoms with Crippen LogP contribution in [0, 0.1) is 12.8 Å². The SMILES string of the molecule is CCNC(=NCCc1csc(C)n1)N1CCC(COC)C1.I. The zero-order chi connectivity index (χ0) is 15.1. The maximum absolute atomic E-state index is 5.26. The van der Waals surface area contributed by atoms with Gasteiger partial charge in [-0.15, -0.1) is 35.3 Å². The Morgan fingerprint density at radius 3 is 3.05 bits per heavy atom. The zero-order valence-electron chi connectivity index (χ0n) is 13.7. The van der Waals surface area contributed by atoms with E-state index in [1.807, 2.05) is 6.92 Å². The van der Waals surface area contributed by atoms with Crippen LogP contribution in [-0.4, -0.2) is 55.7 Å². The molecule has 1 aliphatic rings. The van der Waals surface area contributed by atoms with Gasteiger partial charge >= 0.3 is 0 Å². The Hall–Kier alpha value is -0.410. The lowest BCUT2D eigenvalue weighted by molar-refractivity contribution is 0.157. The predicted octanol–water partition coefficient (Wildman–Crippen LogP) is 2.55. The van der Waals surface area contributed by atoms with Gasteiger partial charge in [0.15, 0.2) is 5.96 Å². The van der Waals surface area contributed by atoms with Crippen LogP contribution in [0.15, 0.2) is 10.4 Å². The molecular weight excluding hydrogens is 411 g/mol. The van der Waals surface area contributed by atoms with Crippen LogP contribution in [0.2, 0.25) is 0 Å². The summed E-state index contributed by atoms with van der Waals surface area (Å²) in [7, 11) is 1.78. The largest absolute Gasteiger partial charge is 0.384 e. The first-order valence-electron chi connectivity index (χ1n) is 7.66. The molecule has 1 aromatic rings. The molecule has 2 heterocycles. The van der Waals surface area contributed by atoms with Gasteiger partial charge in [-0.05, 0) is 20.3 Å². The second kappa shape index (κ2) is 10.4. The Morgan fingerprint density at radius 1 is 1.59 bits per heavy atom. The van der Waals surface area contributed by atoms with Gasteiger partial charge in [0.1, 0.15) is 0 Å². The zero-order valence-corrected chi connectivity index (χ0v) is 16.8. The van der Waals surface area contributed by atoms with Crippen LogP contribution >= 0.6 is 35.3 Å². The molecule has 1 saturated heterocycles. The standard InChI is InChI=1S/C15H26N4OS.HI/c1-4-16-15(19-8-6-13(9-19)10-20-3)17-7-5-14-11-21-12(2)18-14;/h11,13H,4-10H2,1-3H3,(H,16,17);1H. The van der Waals surface area contributed by atoms with Gasteiger partial charge in [-0.2, -0.15) is 0 Å². The Labute approximate surface area is 154 Å². The minimum Gasteiger partial charge on any atom is -0.384 e. The lowest BCUT2D eigenvalue weighted by Gasteiger charge is -2.21. The molecular formula is C15H27IN4OS. The second-order valence-electron chi connectivity index (χ2n) is 5.40. The first-order valence-corrected chi connectivity index (χ1v) is 8.54. The van der Waals surface area contributed by atoms with Gasteiger partial charge in [0.05, 0.1) is 17.3 Å². The van der Waals surface area contributed by atoms with Crippen molar-refractivity contribution >= 4 is 41.3 Å². The molecule has 1 aromatic heterocycles. The molecule has 0 saturated carbocycles. The van der Waals surface area contributed by atoms with Crippen LogP contribution in [-0.2, 0) is 11.2 Å². The van der Waals surface area contributed by atoms with Crippen molar-refractivity contribution in [1.82, 2.24) is 15.2 Å². The normalized spacial score (nSPS) is 18.4. The summed E-state index contributed by atoms with van der Waals surface area (Å²) in [6.45, 7) is 8.79. The average Bonchev–Trinajstić information content (AvgIpc) is 3.08. The van der Waals surface area contributed by atoms with Crippen LogP contribution in [0.1, 0.15) is 24.0 Å². The molecule has 0 bridgehead atoms. The minimum absolute atomic E-state index is 0. The van der Waals surface area contributed by atoms with E-state index in [0.29, 0.717) is 5.92 Å². The summed E-state index contributed by atoms with van der Waals surface area (Å²) < 4.78 is 5.26. The Morgan fingerprint density at radius 2 is 2.41 bits per heavy atom. The van der Waals surface area contributed by atoms with E-state index in [0.717, 1.165) is 55.9 Å². The molecule has 126 valence electrons. The first kappa shape index (κ1) is 19.6. The predicted molar refractivity (Wildman–Crippen MR) is 104 cm³/mol. The van der Waals surface area contributed by atoms with Crippen LogP contribution in [0.3, 0.4) is 0 Å². The molecule has 1 aliphatic heterocycles. The summed E-state index contributed by atoms with van der Waals surface area (Å²) in [6.07, 6.45) is 2.10. The number of guanidine groups is 1. The number of ether oxygens (including phenoxy) is 1. The van der Waals surface area contributed by atoms with Crippen LogP contribution in [0.4, 0.5) is 0 Å². The summed E-state index contributed by atoms with van der Waals surface area (Å²) >= 11 is 1.71. The summed E-state index contributed by atoms with van der Waals surface area (Å²) in [5.74, 6) is 1.66. The number of hydrogen-bond acceptors (Lipinski definition) is 4. The minimum atomic E-state index is 0. The summed E-state index contributed by atoms with van der Waals surface area (Å²) in [6, 6.07) is 0. The third kappa shape index (κ3) is 6.00. The fourth-order valence-electron chi connectivity index (χ4n) is 2.62. The van der Waals surface area contributed by atoms with Gasteiger partial charge in [-0.25, -0.2) is 4.98 Å². The fraction of sp³-hybridized carbons (Fsp3) is 0.733. The number of rotatable bonds is 6. The van der Waals surface area contributed by atoms with E-state index in [2.05, 4.69) is 27.5 Å². The van der Waals surface area contributed by atoms with E-state index in [4.69, 9.17) is 9.73 Å². The van der Waals surface area contributed by atoms with Crippen molar-refractivity contribution in [3.05, 3.63) is 16.1 Å². The number of nitrogens with one attached hydrogen (secondary N) is 1. The lowest BCUT2D eigenvalue weighted by atomic mass is 10.1. The van der Waals surface area contributed by atoms with E-state index in [1.165, 1.54) is 6.42 Å². The summed E-state index contributed by atoms with van der Waals surface area (Å²) in [5.41, 5.74) is 1.15. The maximum atomic E-state index is 5.26. The van der Waals surface area contributed by atoms with Crippen molar-refractivity contribution in [2.45, 2.75) is 26.7 Å². The number of hydrogen-bond donors (Lipinski definition) is 1. The van der Waals surface area contributed by atoms with Crippen molar-refractivity contribution in [2.24, 2.45) is 10.9 Å². The molecule has 7 heteroatoms. The number of aliphatic imine (C=N–C) groups is 1.